The van der Waals surface area contributed by atoms with Crippen LogP contribution in [0.5, 0.6) is 0 Å². The van der Waals surface area contributed by atoms with E-state index in [0.29, 0.717) is 17.9 Å². The Hall–Kier alpha value is -1.09. The monoisotopic (exact) mass is 244 g/mol. The minimum absolute atomic E-state index is 0.289. The number of halogens is 2. The van der Waals surface area contributed by atoms with Crippen molar-refractivity contribution < 1.29 is 14.3 Å². The summed E-state index contributed by atoms with van der Waals surface area (Å²) in [6.07, 6.45) is 1.05. The van der Waals surface area contributed by atoms with E-state index in [0.717, 1.165) is 5.56 Å². The fourth-order valence-electron chi connectivity index (χ4n) is 1.58. The molecule has 1 aromatic rings. The summed E-state index contributed by atoms with van der Waals surface area (Å²) in [6, 6.07) is 7.10. The Kier molecular flexibility index (Phi) is 5.26. The smallest absolute Gasteiger partial charge is 0.306 e. The van der Waals surface area contributed by atoms with Crippen molar-refractivity contribution in [1.29, 1.82) is 0 Å². The molecule has 0 aliphatic heterocycles. The molecule has 4 heteroatoms. The number of benzene rings is 1. The highest BCUT2D eigenvalue weighted by atomic mass is 35.5. The van der Waals surface area contributed by atoms with E-state index in [2.05, 4.69) is 0 Å². The van der Waals surface area contributed by atoms with E-state index in [1.54, 1.807) is 18.2 Å². The number of rotatable bonds is 6. The van der Waals surface area contributed by atoms with Gasteiger partial charge in [0.25, 0.3) is 0 Å². The first-order valence-electron chi connectivity index (χ1n) is 5.16. The van der Waals surface area contributed by atoms with Crippen molar-refractivity contribution in [3.05, 3.63) is 34.9 Å². The van der Waals surface area contributed by atoms with Crippen LogP contribution in [0.3, 0.4) is 0 Å². The molecule has 1 rings (SSSR count). The zero-order valence-electron chi connectivity index (χ0n) is 8.83. The Balaban J connectivity index is 2.64. The van der Waals surface area contributed by atoms with Crippen molar-refractivity contribution in [3.8, 4) is 0 Å². The highest BCUT2D eigenvalue weighted by Gasteiger charge is 2.17. The highest BCUT2D eigenvalue weighted by Crippen LogP contribution is 2.18. The molecule has 2 nitrogen and oxygen atoms in total. The van der Waals surface area contributed by atoms with Crippen molar-refractivity contribution in [2.75, 3.05) is 6.67 Å². The van der Waals surface area contributed by atoms with Crippen LogP contribution in [0.4, 0.5) is 4.39 Å². The van der Waals surface area contributed by atoms with Gasteiger partial charge in [-0.05, 0) is 37.0 Å². The lowest BCUT2D eigenvalue weighted by atomic mass is 9.95. The topological polar surface area (TPSA) is 37.3 Å². The summed E-state index contributed by atoms with van der Waals surface area (Å²) in [5, 5.41) is 9.56. The average molecular weight is 245 g/mol. The van der Waals surface area contributed by atoms with Crippen molar-refractivity contribution in [2.24, 2.45) is 5.92 Å². The van der Waals surface area contributed by atoms with Gasteiger partial charge in [-0.25, -0.2) is 0 Å². The normalized spacial score (nSPS) is 12.4. The second kappa shape index (κ2) is 6.48. The van der Waals surface area contributed by atoms with Crippen LogP contribution in [0.2, 0.25) is 5.02 Å². The Bertz CT molecular complexity index is 355. The van der Waals surface area contributed by atoms with Gasteiger partial charge < -0.3 is 5.11 Å². The third kappa shape index (κ3) is 4.19. The molecule has 0 heterocycles. The maximum absolute atomic E-state index is 12.0. The Morgan fingerprint density at radius 1 is 1.50 bits per heavy atom. The van der Waals surface area contributed by atoms with Gasteiger partial charge in [0.15, 0.2) is 0 Å². The molecule has 0 saturated carbocycles. The lowest BCUT2D eigenvalue weighted by Crippen LogP contribution is -2.16. The molecule has 0 aliphatic carbocycles. The predicted molar refractivity (Wildman–Crippen MR) is 61.5 cm³/mol. The van der Waals surface area contributed by atoms with Crippen LogP contribution in [0.1, 0.15) is 18.4 Å². The fourth-order valence-corrected chi connectivity index (χ4v) is 1.80. The maximum Gasteiger partial charge on any atom is 0.306 e. The largest absolute Gasteiger partial charge is 0.481 e. The van der Waals surface area contributed by atoms with Gasteiger partial charge >= 0.3 is 5.97 Å². The van der Waals surface area contributed by atoms with Gasteiger partial charge in [-0.3, -0.25) is 9.18 Å². The summed E-state index contributed by atoms with van der Waals surface area (Å²) in [7, 11) is 0. The van der Waals surface area contributed by atoms with E-state index in [9.17, 15) is 9.18 Å². The van der Waals surface area contributed by atoms with Gasteiger partial charge in [0.05, 0.1) is 12.6 Å². The second-order valence-electron chi connectivity index (χ2n) is 3.70. The molecule has 0 fully saturated rings. The first-order valence-corrected chi connectivity index (χ1v) is 5.54. The van der Waals surface area contributed by atoms with Gasteiger partial charge in [0.1, 0.15) is 0 Å². The molecule has 0 aliphatic rings. The summed E-state index contributed by atoms with van der Waals surface area (Å²) in [4.78, 5) is 10.9. The zero-order valence-corrected chi connectivity index (χ0v) is 9.58. The van der Waals surface area contributed by atoms with E-state index < -0.39 is 18.6 Å². The van der Waals surface area contributed by atoms with Crippen LogP contribution in [0, 0.1) is 5.92 Å². The highest BCUT2D eigenvalue weighted by molar-refractivity contribution is 6.30. The van der Waals surface area contributed by atoms with Gasteiger partial charge in [0, 0.05) is 5.02 Å². The molecule has 1 aromatic carbocycles. The molecule has 0 amide bonds. The van der Waals surface area contributed by atoms with Crippen molar-refractivity contribution in [2.45, 2.75) is 19.3 Å². The van der Waals surface area contributed by atoms with Crippen LogP contribution in [-0.4, -0.2) is 17.8 Å². The van der Waals surface area contributed by atoms with Crippen LogP contribution >= 0.6 is 11.6 Å². The third-order valence-electron chi connectivity index (χ3n) is 2.41. The fraction of sp³-hybridized carbons (Fsp3) is 0.417. The molecule has 0 bridgehead atoms. The van der Waals surface area contributed by atoms with E-state index in [4.69, 9.17) is 16.7 Å². The standard InChI is InChI=1S/C12H14ClFO2/c13-11-5-1-3-9(8-11)7-10(12(15)16)4-2-6-14/h1,3,5,8,10H,2,4,6-7H2,(H,15,16). The molecular weight excluding hydrogens is 231 g/mol. The molecule has 0 radical (unpaired) electrons. The van der Waals surface area contributed by atoms with Crippen LogP contribution in [0.15, 0.2) is 24.3 Å². The van der Waals surface area contributed by atoms with Crippen molar-refractivity contribution in [3.63, 3.8) is 0 Å². The summed E-state index contributed by atoms with van der Waals surface area (Å²) in [5.41, 5.74) is 0.874. The molecular formula is C12H14ClFO2. The summed E-state index contributed by atoms with van der Waals surface area (Å²) in [5.74, 6) is -1.41. The minimum Gasteiger partial charge on any atom is -0.481 e. The predicted octanol–water partition coefficient (Wildman–Crippen LogP) is 3.33. The molecule has 0 saturated heterocycles. The molecule has 1 unspecified atom stereocenters. The quantitative estimate of drug-likeness (QED) is 0.833. The summed E-state index contributed by atoms with van der Waals surface area (Å²) in [6.45, 7) is -0.473. The number of carboxylic acid groups (broad SMARTS) is 1. The van der Waals surface area contributed by atoms with Gasteiger partial charge in [-0.15, -0.1) is 0 Å². The van der Waals surface area contributed by atoms with Crippen LogP contribution in [0.25, 0.3) is 0 Å². The van der Waals surface area contributed by atoms with Crippen LogP contribution in [-0.2, 0) is 11.2 Å². The third-order valence-corrected chi connectivity index (χ3v) is 2.64. The van der Waals surface area contributed by atoms with Gasteiger partial charge in [-0.2, -0.15) is 0 Å². The van der Waals surface area contributed by atoms with E-state index in [1.165, 1.54) is 0 Å². The zero-order chi connectivity index (χ0) is 12.0. The molecule has 1 N–H and O–H groups in total. The van der Waals surface area contributed by atoms with Gasteiger partial charge in [0.2, 0.25) is 0 Å². The number of hydrogen-bond acceptors (Lipinski definition) is 1. The number of hydrogen-bond donors (Lipinski definition) is 1. The maximum atomic E-state index is 12.0. The second-order valence-corrected chi connectivity index (χ2v) is 4.14. The number of carbonyl (C=O) groups is 1. The van der Waals surface area contributed by atoms with E-state index >= 15 is 0 Å². The lowest BCUT2D eigenvalue weighted by molar-refractivity contribution is -0.142. The molecule has 1 atom stereocenters. The van der Waals surface area contributed by atoms with Crippen LogP contribution < -0.4 is 0 Å². The van der Waals surface area contributed by atoms with Gasteiger partial charge in [-0.1, -0.05) is 23.7 Å². The Labute approximate surface area is 99.0 Å². The van der Waals surface area contributed by atoms with E-state index in [-0.39, 0.29) is 6.42 Å². The summed E-state index contributed by atoms with van der Waals surface area (Å²) >= 11 is 5.80. The Morgan fingerprint density at radius 2 is 2.25 bits per heavy atom. The average Bonchev–Trinajstić information content (AvgIpc) is 2.24. The minimum atomic E-state index is -0.881. The molecule has 16 heavy (non-hydrogen) atoms. The Morgan fingerprint density at radius 3 is 2.81 bits per heavy atom. The summed E-state index contributed by atoms with van der Waals surface area (Å²) < 4.78 is 12.0. The molecule has 0 spiro atoms. The first-order chi connectivity index (χ1) is 7.63. The lowest BCUT2D eigenvalue weighted by Gasteiger charge is -2.11. The van der Waals surface area contributed by atoms with E-state index in [1.807, 2.05) is 6.07 Å². The number of carboxylic acids is 1. The van der Waals surface area contributed by atoms with Crippen molar-refractivity contribution in [1.82, 2.24) is 0 Å². The first kappa shape index (κ1) is 13.0. The van der Waals surface area contributed by atoms with Crippen molar-refractivity contribution >= 4 is 17.6 Å². The SMILES string of the molecule is O=C(O)C(CCCF)Cc1cccc(Cl)c1. The molecule has 88 valence electrons. The number of alkyl halides is 1. The molecule has 0 aromatic heterocycles. The number of aliphatic carboxylic acids is 1.